The van der Waals surface area contributed by atoms with Crippen LogP contribution in [0.15, 0.2) is 115 Å². The molecular formula is C33H22N2. The van der Waals surface area contributed by atoms with Crippen LogP contribution in [0.25, 0.3) is 71.7 Å². The number of hydrogen-bond donors (Lipinski definition) is 1. The second kappa shape index (κ2) is 6.97. The van der Waals surface area contributed by atoms with Crippen LogP contribution in [0.2, 0.25) is 0 Å². The number of rotatable bonds is 2. The van der Waals surface area contributed by atoms with Gasteiger partial charge in [0.05, 0.1) is 11.0 Å². The minimum atomic E-state index is 0.848. The van der Waals surface area contributed by atoms with Crippen LogP contribution in [0.4, 0.5) is 0 Å². The van der Waals surface area contributed by atoms with Gasteiger partial charge in [-0.1, -0.05) is 78.9 Å². The van der Waals surface area contributed by atoms with E-state index in [1.54, 1.807) is 0 Å². The van der Waals surface area contributed by atoms with Gasteiger partial charge in [-0.15, -0.1) is 0 Å². The number of dihydropyridines is 1. The van der Waals surface area contributed by atoms with Crippen LogP contribution in [0.1, 0.15) is 0 Å². The first-order valence-corrected chi connectivity index (χ1v) is 12.2. The van der Waals surface area contributed by atoms with Gasteiger partial charge in [-0.3, -0.25) is 0 Å². The number of benzene rings is 5. The summed E-state index contributed by atoms with van der Waals surface area (Å²) >= 11 is 0. The van der Waals surface area contributed by atoms with Crippen molar-refractivity contribution in [1.29, 1.82) is 0 Å². The highest BCUT2D eigenvalue weighted by atomic mass is 15.0. The van der Waals surface area contributed by atoms with Crippen LogP contribution >= 0.6 is 0 Å². The van der Waals surface area contributed by atoms with Crippen molar-refractivity contribution < 1.29 is 0 Å². The largest absolute Gasteiger partial charge is 0.387 e. The number of nitrogens with zero attached hydrogens (tertiary/aromatic N) is 1. The SMILES string of the molecule is C1=CC(n2c3ccccc3c3cc(-c4ccc5c6c(cccc46)-c4ccccc4-5)ccc32)=CCN1. The maximum Gasteiger partial charge on any atom is 0.0541 e. The molecule has 1 aliphatic heterocycles. The zero-order chi connectivity index (χ0) is 22.9. The van der Waals surface area contributed by atoms with Gasteiger partial charge in [-0.05, 0) is 80.7 Å². The lowest BCUT2D eigenvalue weighted by Gasteiger charge is -2.13. The Labute approximate surface area is 203 Å². The Morgan fingerprint density at radius 3 is 2.14 bits per heavy atom. The van der Waals surface area contributed by atoms with Crippen LogP contribution in [0, 0.1) is 0 Å². The molecule has 0 saturated carbocycles. The first-order chi connectivity index (χ1) is 17.4. The summed E-state index contributed by atoms with van der Waals surface area (Å²) in [6, 6.07) is 35.8. The molecule has 0 atom stereocenters. The zero-order valence-electron chi connectivity index (χ0n) is 19.1. The second-order valence-electron chi connectivity index (χ2n) is 9.39. The van der Waals surface area contributed by atoms with Gasteiger partial charge < -0.3 is 9.88 Å². The highest BCUT2D eigenvalue weighted by Gasteiger charge is 2.22. The van der Waals surface area contributed by atoms with E-state index in [1.165, 1.54) is 71.7 Å². The molecule has 2 aliphatic rings. The van der Waals surface area contributed by atoms with E-state index in [4.69, 9.17) is 0 Å². The third-order valence-corrected chi connectivity index (χ3v) is 7.59. The topological polar surface area (TPSA) is 17.0 Å². The summed E-state index contributed by atoms with van der Waals surface area (Å²) in [6.45, 7) is 0.848. The second-order valence-corrected chi connectivity index (χ2v) is 9.39. The van der Waals surface area contributed by atoms with Crippen molar-refractivity contribution in [1.82, 2.24) is 9.88 Å². The smallest absolute Gasteiger partial charge is 0.0541 e. The van der Waals surface area contributed by atoms with Gasteiger partial charge in [0.15, 0.2) is 0 Å². The van der Waals surface area contributed by atoms with E-state index >= 15 is 0 Å². The molecule has 1 N–H and O–H groups in total. The fourth-order valence-electron chi connectivity index (χ4n) is 6.09. The molecule has 5 aromatic carbocycles. The summed E-state index contributed by atoms with van der Waals surface area (Å²) in [7, 11) is 0. The van der Waals surface area contributed by atoms with E-state index in [9.17, 15) is 0 Å². The molecule has 1 aromatic heterocycles. The van der Waals surface area contributed by atoms with Crippen molar-refractivity contribution in [3.05, 3.63) is 115 Å². The molecule has 2 heteroatoms. The molecule has 0 unspecified atom stereocenters. The standard InChI is InChI=1S/C33H22N2/c1-2-7-25-24(6-1)28-10-5-9-27-23(13-14-29(25)33(27)28)21-12-15-32-30(20-21)26-8-3-4-11-31(26)35(32)22-16-18-34-19-17-22/h1-18,20,34H,19H2. The van der Waals surface area contributed by atoms with Crippen LogP contribution in [-0.2, 0) is 0 Å². The van der Waals surface area contributed by atoms with Crippen molar-refractivity contribution in [3.8, 4) is 33.4 Å². The molecule has 0 bridgehead atoms. The molecule has 35 heavy (non-hydrogen) atoms. The summed E-state index contributed by atoms with van der Waals surface area (Å²) in [5.74, 6) is 0. The quantitative estimate of drug-likeness (QED) is 0.283. The van der Waals surface area contributed by atoms with E-state index in [1.807, 2.05) is 6.20 Å². The highest BCUT2D eigenvalue weighted by molar-refractivity contribution is 6.19. The Morgan fingerprint density at radius 2 is 1.29 bits per heavy atom. The number of aromatic nitrogens is 1. The molecule has 1 aliphatic carbocycles. The maximum atomic E-state index is 3.27. The number of hydrogen-bond acceptors (Lipinski definition) is 1. The predicted molar refractivity (Wildman–Crippen MR) is 148 cm³/mol. The summed E-state index contributed by atoms with van der Waals surface area (Å²) < 4.78 is 2.38. The van der Waals surface area contributed by atoms with Gasteiger partial charge in [-0.25, -0.2) is 0 Å². The first kappa shape index (κ1) is 18.8. The summed E-state index contributed by atoms with van der Waals surface area (Å²) in [6.07, 6.45) is 6.44. The van der Waals surface area contributed by atoms with Crippen LogP contribution < -0.4 is 5.32 Å². The van der Waals surface area contributed by atoms with Gasteiger partial charge in [0, 0.05) is 23.0 Å². The number of fused-ring (bicyclic) bond motifs is 6. The normalized spacial score (nSPS) is 13.9. The van der Waals surface area contributed by atoms with Gasteiger partial charge >= 0.3 is 0 Å². The molecular weight excluding hydrogens is 424 g/mol. The molecule has 8 rings (SSSR count). The van der Waals surface area contributed by atoms with Crippen molar-refractivity contribution in [2.24, 2.45) is 0 Å². The average molecular weight is 447 g/mol. The van der Waals surface area contributed by atoms with E-state index < -0.39 is 0 Å². The Bertz CT molecular complexity index is 1870. The average Bonchev–Trinajstić information content (AvgIpc) is 3.43. The highest BCUT2D eigenvalue weighted by Crippen LogP contribution is 2.49. The molecule has 0 spiro atoms. The molecule has 6 aromatic rings. The van der Waals surface area contributed by atoms with Crippen LogP contribution in [0.3, 0.4) is 0 Å². The molecule has 0 amide bonds. The molecule has 2 heterocycles. The van der Waals surface area contributed by atoms with Gasteiger partial charge in [0.25, 0.3) is 0 Å². The maximum absolute atomic E-state index is 3.27. The van der Waals surface area contributed by atoms with Gasteiger partial charge in [0.2, 0.25) is 0 Å². The van der Waals surface area contributed by atoms with Crippen molar-refractivity contribution in [2.75, 3.05) is 6.54 Å². The summed E-state index contributed by atoms with van der Waals surface area (Å²) in [5, 5.41) is 8.54. The van der Waals surface area contributed by atoms with Gasteiger partial charge in [0.1, 0.15) is 0 Å². The minimum Gasteiger partial charge on any atom is -0.387 e. The van der Waals surface area contributed by atoms with Crippen molar-refractivity contribution in [3.63, 3.8) is 0 Å². The van der Waals surface area contributed by atoms with Crippen molar-refractivity contribution >= 4 is 38.3 Å². The fraction of sp³-hybridized carbons (Fsp3) is 0.0303. The Morgan fingerprint density at radius 1 is 0.571 bits per heavy atom. The number of para-hydroxylation sites is 1. The third-order valence-electron chi connectivity index (χ3n) is 7.59. The minimum absolute atomic E-state index is 0.848. The third kappa shape index (κ3) is 2.54. The Balaban J connectivity index is 1.40. The number of nitrogens with one attached hydrogen (secondary N) is 1. The molecule has 164 valence electrons. The molecule has 0 radical (unpaired) electrons. The van der Waals surface area contributed by atoms with E-state index in [0.717, 1.165) is 6.54 Å². The lowest BCUT2D eigenvalue weighted by Crippen LogP contribution is -2.10. The molecule has 2 nitrogen and oxygen atoms in total. The fourth-order valence-corrected chi connectivity index (χ4v) is 6.09. The van der Waals surface area contributed by atoms with Crippen LogP contribution in [-0.4, -0.2) is 11.1 Å². The van der Waals surface area contributed by atoms with E-state index in [-0.39, 0.29) is 0 Å². The van der Waals surface area contributed by atoms with Gasteiger partial charge in [-0.2, -0.15) is 0 Å². The van der Waals surface area contributed by atoms with E-state index in [2.05, 4.69) is 119 Å². The molecule has 0 saturated heterocycles. The Kier molecular flexibility index (Phi) is 3.75. The summed E-state index contributed by atoms with van der Waals surface area (Å²) in [4.78, 5) is 0. The zero-order valence-corrected chi connectivity index (χ0v) is 19.1. The summed E-state index contributed by atoms with van der Waals surface area (Å²) in [5.41, 5.74) is 11.6. The van der Waals surface area contributed by atoms with Crippen molar-refractivity contribution in [2.45, 2.75) is 0 Å². The lowest BCUT2D eigenvalue weighted by molar-refractivity contribution is 0.962. The predicted octanol–water partition coefficient (Wildman–Crippen LogP) is 8.22. The Hall–Kier alpha value is -4.56. The first-order valence-electron chi connectivity index (χ1n) is 12.2. The lowest BCUT2D eigenvalue weighted by atomic mass is 9.93. The number of allylic oxidation sites excluding steroid dienone is 2. The molecule has 0 fully saturated rings. The monoisotopic (exact) mass is 446 g/mol. The van der Waals surface area contributed by atoms with E-state index in [0.29, 0.717) is 0 Å². The van der Waals surface area contributed by atoms with Crippen LogP contribution in [0.5, 0.6) is 0 Å².